The molecule has 1 aliphatic carbocycles. The van der Waals surface area contributed by atoms with Crippen molar-refractivity contribution in [2.24, 2.45) is 0 Å². The normalized spacial score (nSPS) is 14.4. The van der Waals surface area contributed by atoms with Crippen LogP contribution in [0.25, 0.3) is 77.4 Å². The predicted octanol–water partition coefficient (Wildman–Crippen LogP) is 14.8. The van der Waals surface area contributed by atoms with Gasteiger partial charge in [0.2, 0.25) is 0 Å². The second-order valence-corrected chi connectivity index (χ2v) is 15.2. The average molecular weight is 713 g/mol. The van der Waals surface area contributed by atoms with Gasteiger partial charge in [0.1, 0.15) is 0 Å². The molecule has 2 aliphatic rings. The predicted molar refractivity (Wildman–Crippen MR) is 237 cm³/mol. The van der Waals surface area contributed by atoms with Gasteiger partial charge in [-0.3, -0.25) is 0 Å². The van der Waals surface area contributed by atoms with Crippen molar-refractivity contribution < 1.29 is 0 Å². The molecule has 1 aliphatic heterocycles. The van der Waals surface area contributed by atoms with Crippen molar-refractivity contribution in [3.63, 3.8) is 0 Å². The summed E-state index contributed by atoms with van der Waals surface area (Å²) in [5.41, 5.74) is 16.2. The van der Waals surface area contributed by atoms with Crippen molar-refractivity contribution >= 4 is 66.5 Å². The number of hydrogen-bond acceptors (Lipinski definition) is 1. The molecule has 0 radical (unpaired) electrons. The molecule has 1 unspecified atom stereocenters. The summed E-state index contributed by atoms with van der Waals surface area (Å²) in [6.45, 7) is 0. The molecule has 0 N–H and O–H groups in total. The molecule has 0 saturated heterocycles. The van der Waals surface area contributed by atoms with Gasteiger partial charge in [-0.05, 0) is 104 Å². The van der Waals surface area contributed by atoms with E-state index in [1.54, 1.807) is 0 Å². The van der Waals surface area contributed by atoms with Crippen LogP contribution in [-0.4, -0.2) is 4.57 Å². The van der Waals surface area contributed by atoms with E-state index < -0.39 is 0 Å². The zero-order valence-electron chi connectivity index (χ0n) is 30.7. The van der Waals surface area contributed by atoms with Gasteiger partial charge in [0, 0.05) is 39.0 Å². The van der Waals surface area contributed by atoms with Crippen LogP contribution in [0.1, 0.15) is 29.0 Å². The van der Waals surface area contributed by atoms with Gasteiger partial charge in [0.25, 0.3) is 0 Å². The van der Waals surface area contributed by atoms with Crippen LogP contribution in [-0.2, 0) is 0 Å². The highest BCUT2D eigenvalue weighted by molar-refractivity contribution is 6.28. The van der Waals surface area contributed by atoms with Crippen LogP contribution in [0.15, 0.2) is 194 Å². The minimum Gasteiger partial charge on any atom is -0.309 e. The summed E-state index contributed by atoms with van der Waals surface area (Å²) in [7, 11) is 0. The monoisotopic (exact) mass is 712 g/mol. The van der Waals surface area contributed by atoms with Gasteiger partial charge in [0.15, 0.2) is 0 Å². The number of aromatic nitrogens is 1. The Labute approximate surface area is 325 Å². The summed E-state index contributed by atoms with van der Waals surface area (Å²) >= 11 is 0. The van der Waals surface area contributed by atoms with Crippen molar-refractivity contribution in [2.75, 3.05) is 4.90 Å². The van der Waals surface area contributed by atoms with E-state index in [0.29, 0.717) is 5.92 Å². The van der Waals surface area contributed by atoms with E-state index in [1.165, 1.54) is 99.4 Å². The molecule has 262 valence electrons. The van der Waals surface area contributed by atoms with Crippen LogP contribution in [0.4, 0.5) is 17.1 Å². The first-order chi connectivity index (χ1) is 27.8. The highest BCUT2D eigenvalue weighted by Gasteiger charge is 2.30. The first kappa shape index (κ1) is 31.2. The van der Waals surface area contributed by atoms with Crippen LogP contribution in [0, 0.1) is 0 Å². The lowest BCUT2D eigenvalue weighted by molar-refractivity contribution is 0.820. The van der Waals surface area contributed by atoms with Gasteiger partial charge in [-0.25, -0.2) is 0 Å². The summed E-state index contributed by atoms with van der Waals surface area (Å²) < 4.78 is 2.51. The highest BCUT2D eigenvalue weighted by atomic mass is 15.2. The molecule has 1 atom stereocenters. The lowest BCUT2D eigenvalue weighted by Crippen LogP contribution is -2.15. The molecule has 0 amide bonds. The maximum atomic E-state index is 2.51. The Morgan fingerprint density at radius 2 is 1.20 bits per heavy atom. The SMILES string of the molecule is C1=Cc2ccccc2C(c2ccc3c4c5cccc6c5c(cc4n(-c4ccccc4)c3c2)-c2ccc(-c3cccc4ccccc34)cc2N6c2ccccc2)C1. The Morgan fingerprint density at radius 1 is 0.446 bits per heavy atom. The molecule has 2 heterocycles. The van der Waals surface area contributed by atoms with E-state index in [2.05, 4.69) is 210 Å². The van der Waals surface area contributed by atoms with E-state index >= 15 is 0 Å². The molecule has 10 aromatic rings. The number of hydrogen-bond donors (Lipinski definition) is 0. The second kappa shape index (κ2) is 12.2. The number of rotatable bonds is 4. The van der Waals surface area contributed by atoms with Gasteiger partial charge < -0.3 is 9.47 Å². The van der Waals surface area contributed by atoms with Gasteiger partial charge in [0.05, 0.1) is 22.4 Å². The fourth-order valence-corrected chi connectivity index (χ4v) is 9.78. The third-order valence-corrected chi connectivity index (χ3v) is 12.2. The Hall–Kier alpha value is -7.16. The maximum absolute atomic E-state index is 2.51. The van der Waals surface area contributed by atoms with E-state index in [0.717, 1.165) is 12.1 Å². The number of benzene rings is 9. The molecule has 1 aromatic heterocycles. The lowest BCUT2D eigenvalue weighted by atomic mass is 9.82. The summed E-state index contributed by atoms with van der Waals surface area (Å²) in [4.78, 5) is 2.48. The number of para-hydroxylation sites is 2. The summed E-state index contributed by atoms with van der Waals surface area (Å²) in [6, 6.07) is 69.7. The molecule has 0 bridgehead atoms. The zero-order valence-corrected chi connectivity index (χ0v) is 30.7. The largest absolute Gasteiger partial charge is 0.309 e. The van der Waals surface area contributed by atoms with Crippen molar-refractivity contribution in [1.29, 1.82) is 0 Å². The van der Waals surface area contributed by atoms with E-state index in [-0.39, 0.29) is 0 Å². The van der Waals surface area contributed by atoms with Crippen LogP contribution < -0.4 is 4.90 Å². The van der Waals surface area contributed by atoms with Crippen LogP contribution in [0.2, 0.25) is 0 Å². The standard InChI is InChI=1S/C54H36N2/c1-3-18-39(19-4-1)55-49-27-13-26-47-53-46-31-29-38(44-25-12-17-36-15-8-10-23-42(36)44)33-51(46)56(40-20-5-2-6-21-40)52(53)34-48(54(47)49)45-30-28-37(32-50(45)55)43-24-11-16-35-14-7-9-22-41(35)43/h1-24,26-34,44H,25H2. The summed E-state index contributed by atoms with van der Waals surface area (Å²) in [6.07, 6.45) is 5.61. The van der Waals surface area contributed by atoms with Crippen molar-refractivity contribution in [2.45, 2.75) is 12.3 Å². The van der Waals surface area contributed by atoms with Gasteiger partial charge in [-0.1, -0.05) is 152 Å². The summed E-state index contributed by atoms with van der Waals surface area (Å²) in [5.74, 6) is 0.311. The Bertz CT molecular complexity index is 3220. The van der Waals surface area contributed by atoms with Gasteiger partial charge >= 0.3 is 0 Å². The van der Waals surface area contributed by atoms with Crippen molar-refractivity contribution in [1.82, 2.24) is 4.57 Å². The molecule has 2 nitrogen and oxygen atoms in total. The smallest absolute Gasteiger partial charge is 0.0553 e. The Kier molecular flexibility index (Phi) is 6.79. The molecular formula is C54H36N2. The van der Waals surface area contributed by atoms with E-state index in [1.807, 2.05) is 0 Å². The highest BCUT2D eigenvalue weighted by Crippen LogP contribution is 2.54. The zero-order chi connectivity index (χ0) is 36.7. The Morgan fingerprint density at radius 3 is 2.09 bits per heavy atom. The Balaban J connectivity index is 1.16. The maximum Gasteiger partial charge on any atom is 0.0553 e. The molecule has 56 heavy (non-hydrogen) atoms. The van der Waals surface area contributed by atoms with Gasteiger partial charge in [-0.2, -0.15) is 0 Å². The molecule has 2 heteroatoms. The fourth-order valence-electron chi connectivity index (χ4n) is 9.78. The molecule has 9 aromatic carbocycles. The first-order valence-electron chi connectivity index (χ1n) is 19.6. The molecular weight excluding hydrogens is 677 g/mol. The second-order valence-electron chi connectivity index (χ2n) is 15.2. The van der Waals surface area contributed by atoms with E-state index in [4.69, 9.17) is 0 Å². The van der Waals surface area contributed by atoms with E-state index in [9.17, 15) is 0 Å². The minimum absolute atomic E-state index is 0.311. The lowest BCUT2D eigenvalue weighted by Gasteiger charge is -2.34. The number of nitrogens with zero attached hydrogens (tertiary/aromatic N) is 2. The van der Waals surface area contributed by atoms with Crippen LogP contribution >= 0.6 is 0 Å². The third-order valence-electron chi connectivity index (χ3n) is 12.2. The number of allylic oxidation sites excluding steroid dienone is 1. The summed E-state index contributed by atoms with van der Waals surface area (Å²) in [5, 5.41) is 7.65. The van der Waals surface area contributed by atoms with Crippen LogP contribution in [0.5, 0.6) is 0 Å². The van der Waals surface area contributed by atoms with Crippen molar-refractivity contribution in [3.05, 3.63) is 211 Å². The number of anilines is 3. The topological polar surface area (TPSA) is 8.17 Å². The molecule has 0 spiro atoms. The molecule has 12 rings (SSSR count). The molecule has 0 fully saturated rings. The van der Waals surface area contributed by atoms with Gasteiger partial charge in [-0.15, -0.1) is 0 Å². The minimum atomic E-state index is 0.311. The quantitative estimate of drug-likeness (QED) is 0.176. The fraction of sp³-hybridized carbons (Fsp3) is 0.0370. The third kappa shape index (κ3) is 4.56. The average Bonchev–Trinajstić information content (AvgIpc) is 3.60. The van der Waals surface area contributed by atoms with Crippen LogP contribution in [0.3, 0.4) is 0 Å². The van der Waals surface area contributed by atoms with Crippen molar-refractivity contribution in [3.8, 4) is 27.9 Å². The number of fused-ring (bicyclic) bond motifs is 8. The molecule has 0 saturated carbocycles. The first-order valence-corrected chi connectivity index (χ1v) is 19.6.